The van der Waals surface area contributed by atoms with Crippen molar-refractivity contribution in [1.82, 2.24) is 0 Å². The van der Waals surface area contributed by atoms with E-state index in [0.29, 0.717) is 0 Å². The minimum atomic E-state index is 0.997. The fourth-order valence-corrected chi connectivity index (χ4v) is 6.67. The predicted octanol–water partition coefficient (Wildman–Crippen LogP) is 15.9. The molecule has 260 valence electrons. The molecule has 0 aromatic heterocycles. The van der Waals surface area contributed by atoms with Crippen LogP contribution in [0.3, 0.4) is 0 Å². The molecule has 0 rings (SSSR count). The molecule has 0 aliphatic carbocycles. The predicted molar refractivity (Wildman–Crippen MR) is 198 cm³/mol. The van der Waals surface area contributed by atoms with Gasteiger partial charge < -0.3 is 4.74 Å². The van der Waals surface area contributed by atoms with E-state index in [1.807, 2.05) is 0 Å². The van der Waals surface area contributed by atoms with E-state index in [0.717, 1.165) is 13.2 Å². The second-order valence-electron chi connectivity index (χ2n) is 14.3. The Labute approximate surface area is 275 Å². The van der Waals surface area contributed by atoms with E-state index < -0.39 is 0 Å². The lowest BCUT2D eigenvalue weighted by molar-refractivity contribution is 0.125. The Morgan fingerprint density at radius 2 is 0.326 bits per heavy atom. The summed E-state index contributed by atoms with van der Waals surface area (Å²) in [4.78, 5) is 0. The first-order valence-electron chi connectivity index (χ1n) is 21.0. The molecule has 0 spiro atoms. The van der Waals surface area contributed by atoms with Crippen LogP contribution in [0.2, 0.25) is 0 Å². The SMILES string of the molecule is CCCCCCCCCCCCCCCCCCCCCCCCCCOCCCCCCCCCCCCCCCC. The Morgan fingerprint density at radius 3 is 0.488 bits per heavy atom. The Kier molecular flexibility index (Phi) is 41.9. The van der Waals surface area contributed by atoms with E-state index >= 15 is 0 Å². The molecule has 0 saturated heterocycles. The zero-order valence-corrected chi connectivity index (χ0v) is 30.7. The van der Waals surface area contributed by atoms with Gasteiger partial charge in [0.1, 0.15) is 0 Å². The largest absolute Gasteiger partial charge is 0.381 e. The van der Waals surface area contributed by atoms with E-state index in [-0.39, 0.29) is 0 Å². The number of hydrogen-bond acceptors (Lipinski definition) is 1. The number of unbranched alkanes of at least 4 members (excludes halogenated alkanes) is 36. The maximum absolute atomic E-state index is 5.89. The Hall–Kier alpha value is -0.0400. The van der Waals surface area contributed by atoms with Crippen molar-refractivity contribution in [2.24, 2.45) is 0 Å². The van der Waals surface area contributed by atoms with Gasteiger partial charge in [-0.3, -0.25) is 0 Å². The summed E-state index contributed by atoms with van der Waals surface area (Å²) in [5, 5.41) is 0. The average molecular weight is 607 g/mol. The van der Waals surface area contributed by atoms with Crippen molar-refractivity contribution in [2.45, 2.75) is 258 Å². The van der Waals surface area contributed by atoms with Crippen LogP contribution in [0.1, 0.15) is 258 Å². The number of rotatable bonds is 40. The highest BCUT2D eigenvalue weighted by Crippen LogP contribution is 2.16. The van der Waals surface area contributed by atoms with Gasteiger partial charge in [-0.25, -0.2) is 0 Å². The molecule has 0 unspecified atom stereocenters. The van der Waals surface area contributed by atoms with Crippen LogP contribution in [-0.4, -0.2) is 13.2 Å². The average Bonchev–Trinajstić information content (AvgIpc) is 3.02. The van der Waals surface area contributed by atoms with Crippen molar-refractivity contribution < 1.29 is 4.74 Å². The molecule has 0 heterocycles. The molecule has 0 aliphatic rings. The molecule has 0 atom stereocenters. The van der Waals surface area contributed by atoms with E-state index in [1.54, 1.807) is 0 Å². The normalized spacial score (nSPS) is 11.6. The van der Waals surface area contributed by atoms with Crippen LogP contribution in [0.4, 0.5) is 0 Å². The van der Waals surface area contributed by atoms with Crippen molar-refractivity contribution in [1.29, 1.82) is 0 Å². The Morgan fingerprint density at radius 1 is 0.186 bits per heavy atom. The summed E-state index contributed by atoms with van der Waals surface area (Å²) in [5.74, 6) is 0. The molecule has 1 nitrogen and oxygen atoms in total. The highest BCUT2D eigenvalue weighted by atomic mass is 16.5. The maximum Gasteiger partial charge on any atom is 0.0466 e. The zero-order valence-electron chi connectivity index (χ0n) is 30.7. The second-order valence-corrected chi connectivity index (χ2v) is 14.3. The molecule has 0 bridgehead atoms. The minimum Gasteiger partial charge on any atom is -0.381 e. The van der Waals surface area contributed by atoms with Crippen LogP contribution >= 0.6 is 0 Å². The van der Waals surface area contributed by atoms with Gasteiger partial charge >= 0.3 is 0 Å². The van der Waals surface area contributed by atoms with Gasteiger partial charge in [0.25, 0.3) is 0 Å². The van der Waals surface area contributed by atoms with Gasteiger partial charge in [-0.15, -0.1) is 0 Å². The molecule has 0 aliphatic heterocycles. The Bertz CT molecular complexity index is 406. The summed E-state index contributed by atoms with van der Waals surface area (Å²) in [6.07, 6.45) is 55.0. The molecule has 0 radical (unpaired) electrons. The minimum absolute atomic E-state index is 0.997. The molecule has 0 fully saturated rings. The van der Waals surface area contributed by atoms with Crippen molar-refractivity contribution in [3.05, 3.63) is 0 Å². The first-order valence-corrected chi connectivity index (χ1v) is 21.0. The van der Waals surface area contributed by atoms with Gasteiger partial charge in [0.2, 0.25) is 0 Å². The monoisotopic (exact) mass is 607 g/mol. The molecule has 0 aromatic carbocycles. The fourth-order valence-electron chi connectivity index (χ4n) is 6.67. The molecule has 43 heavy (non-hydrogen) atoms. The summed E-state index contributed by atoms with van der Waals surface area (Å²) in [7, 11) is 0. The van der Waals surface area contributed by atoms with Crippen LogP contribution < -0.4 is 0 Å². The summed E-state index contributed by atoms with van der Waals surface area (Å²) in [6.45, 7) is 6.61. The highest BCUT2D eigenvalue weighted by molar-refractivity contribution is 4.53. The zero-order chi connectivity index (χ0) is 31.0. The van der Waals surface area contributed by atoms with Crippen LogP contribution in [0.15, 0.2) is 0 Å². The molecular formula is C42H86O. The molecular weight excluding hydrogens is 520 g/mol. The summed E-state index contributed by atoms with van der Waals surface area (Å²) in [6, 6.07) is 0. The third-order valence-corrected chi connectivity index (χ3v) is 9.78. The van der Waals surface area contributed by atoms with Crippen molar-refractivity contribution in [2.75, 3.05) is 13.2 Å². The first kappa shape index (κ1) is 43.0. The molecule has 0 N–H and O–H groups in total. The van der Waals surface area contributed by atoms with Crippen molar-refractivity contribution in [3.63, 3.8) is 0 Å². The molecule has 1 heteroatoms. The molecule has 0 saturated carbocycles. The van der Waals surface area contributed by atoms with E-state index in [4.69, 9.17) is 4.74 Å². The summed E-state index contributed by atoms with van der Waals surface area (Å²) >= 11 is 0. The third kappa shape index (κ3) is 42.0. The lowest BCUT2D eigenvalue weighted by Gasteiger charge is -2.06. The van der Waals surface area contributed by atoms with Gasteiger partial charge in [0.05, 0.1) is 0 Å². The van der Waals surface area contributed by atoms with Gasteiger partial charge in [-0.05, 0) is 12.8 Å². The summed E-state index contributed by atoms with van der Waals surface area (Å²) < 4.78 is 5.89. The van der Waals surface area contributed by atoms with Gasteiger partial charge in [-0.2, -0.15) is 0 Å². The van der Waals surface area contributed by atoms with Crippen LogP contribution in [0.5, 0.6) is 0 Å². The van der Waals surface area contributed by atoms with Gasteiger partial charge in [-0.1, -0.05) is 245 Å². The standard InChI is InChI=1S/C42H86O/c1-3-5-7-9-11-13-15-17-19-20-21-22-23-24-25-26-27-28-30-32-34-36-38-40-42-43-41-39-37-35-33-31-29-18-16-14-12-10-8-6-4-2/h3-42H2,1-2H3. The van der Waals surface area contributed by atoms with Crippen molar-refractivity contribution >= 4 is 0 Å². The van der Waals surface area contributed by atoms with Gasteiger partial charge in [0, 0.05) is 13.2 Å². The van der Waals surface area contributed by atoms with E-state index in [9.17, 15) is 0 Å². The third-order valence-electron chi connectivity index (χ3n) is 9.78. The van der Waals surface area contributed by atoms with Crippen LogP contribution in [0, 0.1) is 0 Å². The van der Waals surface area contributed by atoms with E-state index in [2.05, 4.69) is 13.8 Å². The van der Waals surface area contributed by atoms with Crippen LogP contribution in [0.25, 0.3) is 0 Å². The highest BCUT2D eigenvalue weighted by Gasteiger charge is 1.98. The maximum atomic E-state index is 5.89. The van der Waals surface area contributed by atoms with Crippen LogP contribution in [-0.2, 0) is 4.74 Å². The topological polar surface area (TPSA) is 9.23 Å². The molecule has 0 aromatic rings. The number of hydrogen-bond donors (Lipinski definition) is 0. The fraction of sp³-hybridized carbons (Fsp3) is 1.00. The first-order chi connectivity index (χ1) is 21.4. The van der Waals surface area contributed by atoms with E-state index in [1.165, 1.54) is 244 Å². The second kappa shape index (κ2) is 42.0. The van der Waals surface area contributed by atoms with Crippen molar-refractivity contribution in [3.8, 4) is 0 Å². The number of ether oxygens (including phenoxy) is 1. The lowest BCUT2D eigenvalue weighted by atomic mass is 10.0. The Balaban J connectivity index is 3.02. The lowest BCUT2D eigenvalue weighted by Crippen LogP contribution is -1.97. The molecule has 0 amide bonds. The smallest absolute Gasteiger partial charge is 0.0466 e. The summed E-state index contributed by atoms with van der Waals surface area (Å²) in [5.41, 5.74) is 0. The quantitative estimate of drug-likeness (QED) is 0.0630. The van der Waals surface area contributed by atoms with Gasteiger partial charge in [0.15, 0.2) is 0 Å².